The second-order valence-electron chi connectivity index (χ2n) is 8.21. The van der Waals surface area contributed by atoms with Gasteiger partial charge in [0, 0.05) is 45.0 Å². The van der Waals surface area contributed by atoms with Gasteiger partial charge in [0.25, 0.3) is 0 Å². The van der Waals surface area contributed by atoms with Crippen molar-refractivity contribution in [3.8, 4) is 0 Å². The van der Waals surface area contributed by atoms with Crippen molar-refractivity contribution in [3.63, 3.8) is 0 Å². The Kier molecular flexibility index (Phi) is 5.14. The summed E-state index contributed by atoms with van der Waals surface area (Å²) < 4.78 is 16.4. The van der Waals surface area contributed by atoms with Crippen LogP contribution in [0, 0.1) is 12.7 Å². The van der Waals surface area contributed by atoms with Crippen molar-refractivity contribution in [2.75, 3.05) is 0 Å². The van der Waals surface area contributed by atoms with E-state index < -0.39 is 5.82 Å². The van der Waals surface area contributed by atoms with Crippen molar-refractivity contribution < 1.29 is 14.0 Å². The number of hydrogen-bond acceptors (Lipinski definition) is 2. The van der Waals surface area contributed by atoms with Crippen molar-refractivity contribution >= 4 is 33.4 Å². The summed E-state index contributed by atoms with van der Waals surface area (Å²) in [5.41, 5.74) is 4.74. The number of nitrogens with zero attached hydrogens (tertiary/aromatic N) is 1. The second kappa shape index (κ2) is 8.14. The van der Waals surface area contributed by atoms with Gasteiger partial charge in [-0.25, -0.2) is 4.39 Å². The van der Waals surface area contributed by atoms with Crippen molar-refractivity contribution in [2.45, 2.75) is 20.4 Å². The van der Waals surface area contributed by atoms with Crippen LogP contribution in [0.15, 0.2) is 84.9 Å². The molecular formula is C29H22FNO2. The molecular weight excluding hydrogens is 413 g/mol. The van der Waals surface area contributed by atoms with Gasteiger partial charge in [0.1, 0.15) is 5.82 Å². The molecule has 0 radical (unpaired) electrons. The summed E-state index contributed by atoms with van der Waals surface area (Å²) in [6.07, 6.45) is 0. The molecule has 0 N–H and O–H groups in total. The molecule has 0 saturated carbocycles. The minimum Gasteiger partial charge on any atom is -0.341 e. The molecule has 1 heterocycles. The van der Waals surface area contributed by atoms with Gasteiger partial charge in [0.2, 0.25) is 0 Å². The van der Waals surface area contributed by atoms with Gasteiger partial charge in [-0.1, -0.05) is 42.0 Å². The minimum absolute atomic E-state index is 0.0475. The van der Waals surface area contributed by atoms with Gasteiger partial charge in [0.15, 0.2) is 11.6 Å². The molecule has 33 heavy (non-hydrogen) atoms. The van der Waals surface area contributed by atoms with Crippen molar-refractivity contribution in [2.24, 2.45) is 0 Å². The lowest BCUT2D eigenvalue weighted by Crippen LogP contribution is -2.04. The topological polar surface area (TPSA) is 39.1 Å². The Labute approximate surface area is 191 Å². The molecule has 0 aliphatic rings. The maximum Gasteiger partial charge on any atom is 0.195 e. The molecule has 0 saturated heterocycles. The number of rotatable bonds is 5. The monoisotopic (exact) mass is 435 g/mol. The third-order valence-electron chi connectivity index (χ3n) is 6.14. The predicted molar refractivity (Wildman–Crippen MR) is 130 cm³/mol. The van der Waals surface area contributed by atoms with Gasteiger partial charge in [-0.15, -0.1) is 0 Å². The average Bonchev–Trinajstić information content (AvgIpc) is 3.16. The molecule has 0 atom stereocenters. The highest BCUT2D eigenvalue weighted by molar-refractivity contribution is 6.17. The third kappa shape index (κ3) is 3.54. The number of fused-ring (bicyclic) bond motifs is 3. The summed E-state index contributed by atoms with van der Waals surface area (Å²) in [6, 6.07) is 24.7. The van der Waals surface area contributed by atoms with E-state index >= 15 is 0 Å². The van der Waals surface area contributed by atoms with Crippen LogP contribution in [0.3, 0.4) is 0 Å². The van der Waals surface area contributed by atoms with Crippen LogP contribution in [-0.2, 0) is 6.54 Å². The molecule has 0 fully saturated rings. The van der Waals surface area contributed by atoms with E-state index in [0.717, 1.165) is 33.9 Å². The van der Waals surface area contributed by atoms with Gasteiger partial charge in [-0.05, 0) is 62.4 Å². The number of aryl methyl sites for hydroxylation is 2. The fourth-order valence-electron chi connectivity index (χ4n) is 4.40. The second-order valence-corrected chi connectivity index (χ2v) is 8.21. The first kappa shape index (κ1) is 20.8. The van der Waals surface area contributed by atoms with Crippen LogP contribution in [0.2, 0.25) is 0 Å². The highest BCUT2D eigenvalue weighted by atomic mass is 19.1. The quantitative estimate of drug-likeness (QED) is 0.287. The summed E-state index contributed by atoms with van der Waals surface area (Å²) in [6.45, 7) is 4.79. The molecule has 3 nitrogen and oxygen atoms in total. The van der Waals surface area contributed by atoms with Gasteiger partial charge in [-0.3, -0.25) is 9.59 Å². The Balaban J connectivity index is 1.67. The van der Waals surface area contributed by atoms with Gasteiger partial charge >= 0.3 is 0 Å². The number of halogens is 1. The van der Waals surface area contributed by atoms with E-state index in [2.05, 4.69) is 11.5 Å². The molecule has 5 rings (SSSR count). The van der Waals surface area contributed by atoms with Gasteiger partial charge < -0.3 is 4.57 Å². The van der Waals surface area contributed by atoms with Crippen molar-refractivity contribution in [3.05, 3.63) is 119 Å². The molecule has 4 aromatic carbocycles. The van der Waals surface area contributed by atoms with Crippen LogP contribution < -0.4 is 0 Å². The highest BCUT2D eigenvalue weighted by Crippen LogP contribution is 2.32. The zero-order chi connectivity index (χ0) is 23.1. The van der Waals surface area contributed by atoms with Crippen LogP contribution >= 0.6 is 0 Å². The molecule has 5 aromatic rings. The first-order valence-corrected chi connectivity index (χ1v) is 10.9. The largest absolute Gasteiger partial charge is 0.341 e. The van der Waals surface area contributed by atoms with E-state index in [-0.39, 0.29) is 17.1 Å². The van der Waals surface area contributed by atoms with E-state index in [9.17, 15) is 14.0 Å². The zero-order valence-electron chi connectivity index (χ0n) is 18.4. The first-order valence-electron chi connectivity index (χ1n) is 10.9. The summed E-state index contributed by atoms with van der Waals surface area (Å²) in [5.74, 6) is -0.947. The first-order chi connectivity index (χ1) is 16.0. The lowest BCUT2D eigenvalue weighted by Gasteiger charge is -2.05. The molecule has 162 valence electrons. The molecule has 1 aromatic heterocycles. The van der Waals surface area contributed by atoms with E-state index in [1.165, 1.54) is 12.1 Å². The lowest BCUT2D eigenvalue weighted by atomic mass is 9.98. The van der Waals surface area contributed by atoms with Crippen molar-refractivity contribution in [1.29, 1.82) is 0 Å². The maximum absolute atomic E-state index is 14.2. The third-order valence-corrected chi connectivity index (χ3v) is 6.14. The van der Waals surface area contributed by atoms with Crippen LogP contribution in [0.5, 0.6) is 0 Å². The Morgan fingerprint density at radius 2 is 1.27 bits per heavy atom. The van der Waals surface area contributed by atoms with Gasteiger partial charge in [0.05, 0.1) is 5.56 Å². The standard InChI is InChI=1S/C29H22FNO2/c1-3-31-26-14-12-20(28(32)19-10-8-18(2)9-11-19)16-23(26)24-17-21(13-15-27(24)31)29(33)22-6-4-5-7-25(22)30/h4-17H,3H2,1-2H3. The highest BCUT2D eigenvalue weighted by Gasteiger charge is 2.18. The van der Waals surface area contributed by atoms with E-state index in [1.54, 1.807) is 24.3 Å². The average molecular weight is 435 g/mol. The molecule has 0 bridgehead atoms. The SMILES string of the molecule is CCn1c2ccc(C(=O)c3ccc(C)cc3)cc2c2cc(C(=O)c3ccccc3F)ccc21. The Morgan fingerprint density at radius 3 is 1.85 bits per heavy atom. The number of hydrogen-bond donors (Lipinski definition) is 0. The number of benzene rings is 4. The number of aromatic nitrogens is 1. The molecule has 0 amide bonds. The normalized spacial score (nSPS) is 11.2. The number of carbonyl (C=O) groups is 2. The summed E-state index contributed by atoms with van der Waals surface area (Å²) in [4.78, 5) is 26.1. The Morgan fingerprint density at radius 1 is 0.727 bits per heavy atom. The molecule has 0 aliphatic carbocycles. The van der Waals surface area contributed by atoms with Crippen LogP contribution in [0.1, 0.15) is 44.3 Å². The molecule has 0 aliphatic heterocycles. The molecule has 4 heteroatoms. The zero-order valence-corrected chi connectivity index (χ0v) is 18.4. The predicted octanol–water partition coefficient (Wildman–Crippen LogP) is 6.72. The van der Waals surface area contributed by atoms with Crippen molar-refractivity contribution in [1.82, 2.24) is 4.57 Å². The number of carbonyl (C=O) groups excluding carboxylic acids is 2. The van der Waals surface area contributed by atoms with E-state index in [0.29, 0.717) is 16.7 Å². The van der Waals surface area contributed by atoms with Gasteiger partial charge in [-0.2, -0.15) is 0 Å². The van der Waals surface area contributed by atoms with Crippen LogP contribution in [-0.4, -0.2) is 16.1 Å². The number of ketones is 2. The minimum atomic E-state index is -0.537. The van der Waals surface area contributed by atoms with Crippen LogP contribution in [0.25, 0.3) is 21.8 Å². The van der Waals surface area contributed by atoms with E-state index in [4.69, 9.17) is 0 Å². The molecule has 0 spiro atoms. The smallest absolute Gasteiger partial charge is 0.195 e. The van der Waals surface area contributed by atoms with Crippen LogP contribution in [0.4, 0.5) is 4.39 Å². The summed E-state index contributed by atoms with van der Waals surface area (Å²) in [7, 11) is 0. The van der Waals surface area contributed by atoms with E-state index in [1.807, 2.05) is 55.5 Å². The summed E-state index contributed by atoms with van der Waals surface area (Å²) >= 11 is 0. The fourth-order valence-corrected chi connectivity index (χ4v) is 4.40. The Hall–Kier alpha value is -4.05. The fraction of sp³-hybridized carbons (Fsp3) is 0.103. The summed E-state index contributed by atoms with van der Waals surface area (Å²) in [5, 5.41) is 1.76. The lowest BCUT2D eigenvalue weighted by molar-refractivity contribution is 0.102. The maximum atomic E-state index is 14.2. The Bertz CT molecular complexity index is 1540. The molecule has 0 unspecified atom stereocenters.